The molecule has 24 atom stereocenters. The van der Waals surface area contributed by atoms with Gasteiger partial charge in [-0.3, -0.25) is 0 Å². The number of carbonyl (C=O) groups is 6. The molecule has 18 nitrogen and oxygen atoms in total. The molecular formula is C54H72O18. The van der Waals surface area contributed by atoms with Crippen LogP contribution in [0.25, 0.3) is 0 Å². The van der Waals surface area contributed by atoms with Gasteiger partial charge in [0.25, 0.3) is 0 Å². The van der Waals surface area contributed by atoms with Crippen molar-refractivity contribution >= 4 is 35.8 Å². The number of ether oxygens (including phenoxy) is 12. The predicted octanol–water partition coefficient (Wildman–Crippen LogP) is 5.35. The van der Waals surface area contributed by atoms with E-state index in [2.05, 4.69) is 0 Å². The Morgan fingerprint density at radius 1 is 0.222 bits per heavy atom. The lowest BCUT2D eigenvalue weighted by molar-refractivity contribution is -0.194. The lowest BCUT2D eigenvalue weighted by atomic mass is 9.97. The van der Waals surface area contributed by atoms with Gasteiger partial charge in [0.15, 0.2) is 36.6 Å². The van der Waals surface area contributed by atoms with Crippen LogP contribution < -0.4 is 0 Å². The smallest absolute Gasteiger partial charge is 0.336 e. The summed E-state index contributed by atoms with van der Waals surface area (Å²) in [7, 11) is 0. The maximum Gasteiger partial charge on any atom is 0.336 e. The van der Waals surface area contributed by atoms with Crippen molar-refractivity contribution in [2.24, 2.45) is 35.5 Å². The number of fused-ring (bicyclic) bond motifs is 12. The van der Waals surface area contributed by atoms with Crippen LogP contribution in [0.2, 0.25) is 0 Å². The minimum absolute atomic E-state index is 0.401. The summed E-state index contributed by atoms with van der Waals surface area (Å²) >= 11 is 0. The highest BCUT2D eigenvalue weighted by atomic mass is 16.7. The Balaban J connectivity index is 1.08. The maximum atomic E-state index is 13.7. The van der Waals surface area contributed by atoms with Gasteiger partial charge in [-0.05, 0) is 41.5 Å². The molecule has 7 rings (SSSR count). The van der Waals surface area contributed by atoms with Crippen molar-refractivity contribution in [3.05, 3.63) is 72.9 Å². The number of carbonyl (C=O) groups excluding carboxylic acids is 6. The van der Waals surface area contributed by atoms with Crippen LogP contribution in [0.4, 0.5) is 0 Å². The Bertz CT molecular complexity index is 1790. The second-order valence-electron chi connectivity index (χ2n) is 20.4. The fourth-order valence-electron chi connectivity index (χ4n) is 9.47. The zero-order valence-corrected chi connectivity index (χ0v) is 43.1. The van der Waals surface area contributed by atoms with E-state index in [1.54, 1.807) is 156 Å². The molecule has 7 aliphatic heterocycles. The third kappa shape index (κ3) is 12.7. The summed E-state index contributed by atoms with van der Waals surface area (Å²) in [5.41, 5.74) is 0. The monoisotopic (exact) mass is 1010 g/mol. The van der Waals surface area contributed by atoms with Gasteiger partial charge in [0.1, 0.15) is 73.2 Å². The number of cyclic esters (lactones) is 6. The molecule has 396 valence electrons. The number of hydrogen-bond donors (Lipinski definition) is 0. The Labute approximate surface area is 421 Å². The predicted molar refractivity (Wildman–Crippen MR) is 255 cm³/mol. The van der Waals surface area contributed by atoms with Gasteiger partial charge < -0.3 is 56.8 Å². The van der Waals surface area contributed by atoms with Crippen molar-refractivity contribution in [2.45, 2.75) is 193 Å². The van der Waals surface area contributed by atoms with Crippen LogP contribution in [0.15, 0.2) is 72.9 Å². The second kappa shape index (κ2) is 23.5. The molecule has 12 bridgehead atoms. The fraction of sp³-hybridized carbons (Fsp3) is 0.667. The van der Waals surface area contributed by atoms with Gasteiger partial charge >= 0.3 is 35.8 Å². The minimum atomic E-state index is -1.06. The highest BCUT2D eigenvalue weighted by Crippen LogP contribution is 2.32. The zero-order chi connectivity index (χ0) is 52.3. The third-order valence-corrected chi connectivity index (χ3v) is 14.3. The number of rotatable bonds is 0. The zero-order valence-electron chi connectivity index (χ0n) is 43.1. The Morgan fingerprint density at radius 3 is 0.472 bits per heavy atom. The lowest BCUT2D eigenvalue weighted by Gasteiger charge is -2.37. The van der Waals surface area contributed by atoms with Gasteiger partial charge in [-0.25, -0.2) is 28.8 Å². The van der Waals surface area contributed by atoms with E-state index in [1.807, 2.05) is 0 Å². The molecule has 0 aliphatic carbocycles. The summed E-state index contributed by atoms with van der Waals surface area (Å²) in [4.78, 5) is 82.5. The van der Waals surface area contributed by atoms with Gasteiger partial charge in [-0.2, -0.15) is 0 Å². The minimum Gasteiger partial charge on any atom is -0.458 e. The van der Waals surface area contributed by atoms with E-state index in [0.29, 0.717) is 0 Å². The summed E-state index contributed by atoms with van der Waals surface area (Å²) in [6.07, 6.45) is 4.68. The van der Waals surface area contributed by atoms with Gasteiger partial charge in [0.05, 0.1) is 0 Å². The first-order valence-electron chi connectivity index (χ1n) is 25.4. The number of esters is 6. The standard InChI is InChI=1S/C54H72O18/c1-25-13-19-37-31(7)62-50(56)44-27(3)15-21-39(69-44)33(9)64-52(58)46-29(5)17-23-41(71-46)35(11)66-54(60)48-30(6)18-24-42(72-48)36(12)65-53(59)47-28(4)16-22-40(70-47)34(10)63-51(57)45-26(2)14-20-38(68-45)32(8)61-49(55)43(25)67-37/h13-48H,1-12H3/t25-,26-,27-,28-,29-,30-,31-,32-,33-,34-,35-,36-,37-,38-,39-,40-,41-,42-,43+,44+,45+,46+,47+,48+/m0/s1. The molecule has 0 aromatic carbocycles. The van der Waals surface area contributed by atoms with E-state index in [0.717, 1.165) is 0 Å². The molecule has 0 unspecified atom stereocenters. The van der Waals surface area contributed by atoms with Crippen LogP contribution in [-0.4, -0.2) is 146 Å². The summed E-state index contributed by atoms with van der Waals surface area (Å²) in [6.45, 7) is 20.7. The van der Waals surface area contributed by atoms with Crippen LogP contribution >= 0.6 is 0 Å². The van der Waals surface area contributed by atoms with E-state index < -0.39 is 181 Å². The lowest BCUT2D eigenvalue weighted by Crippen LogP contribution is -2.49. The first kappa shape index (κ1) is 54.8. The largest absolute Gasteiger partial charge is 0.458 e. The van der Waals surface area contributed by atoms with Gasteiger partial charge in [0, 0.05) is 35.5 Å². The van der Waals surface area contributed by atoms with Gasteiger partial charge in [-0.1, -0.05) is 114 Å². The van der Waals surface area contributed by atoms with E-state index in [1.165, 1.54) is 0 Å². The molecule has 0 aromatic heterocycles. The summed E-state index contributed by atoms with van der Waals surface area (Å²) < 4.78 is 72.6. The maximum absolute atomic E-state index is 13.7. The van der Waals surface area contributed by atoms with Crippen LogP contribution in [0.1, 0.15) is 83.1 Å². The van der Waals surface area contributed by atoms with Crippen LogP contribution in [0.5, 0.6) is 0 Å². The fourth-order valence-corrected chi connectivity index (χ4v) is 9.47. The van der Waals surface area contributed by atoms with Crippen molar-refractivity contribution < 1.29 is 85.6 Å². The number of hydrogen-bond acceptors (Lipinski definition) is 18. The molecule has 0 N–H and O–H groups in total. The molecular weight excluding hydrogens is 937 g/mol. The first-order chi connectivity index (χ1) is 34.1. The van der Waals surface area contributed by atoms with Crippen molar-refractivity contribution in [1.29, 1.82) is 0 Å². The molecule has 1 saturated heterocycles. The highest BCUT2D eigenvalue weighted by molar-refractivity contribution is 5.79. The van der Waals surface area contributed by atoms with E-state index >= 15 is 0 Å². The first-order valence-corrected chi connectivity index (χ1v) is 25.4. The topological polar surface area (TPSA) is 213 Å². The van der Waals surface area contributed by atoms with Crippen LogP contribution in [-0.2, 0) is 85.6 Å². The summed E-state index contributed by atoms with van der Waals surface area (Å²) in [6, 6.07) is 0. The molecule has 0 aromatic rings. The molecule has 7 aliphatic rings. The Hall–Kier alpha value is -4.98. The third-order valence-electron chi connectivity index (χ3n) is 14.3. The second-order valence-corrected chi connectivity index (χ2v) is 20.4. The molecule has 0 spiro atoms. The molecule has 7 heterocycles. The Morgan fingerprint density at radius 2 is 0.347 bits per heavy atom. The van der Waals surface area contributed by atoms with E-state index in [9.17, 15) is 28.8 Å². The van der Waals surface area contributed by atoms with Crippen LogP contribution in [0.3, 0.4) is 0 Å². The quantitative estimate of drug-likeness (QED) is 0.170. The highest BCUT2D eigenvalue weighted by Gasteiger charge is 2.45. The SMILES string of the molecule is C[C@@H]1OC(=O)[C@@H]2O[C@@H](C=C[C@@H]2C)[C@H](C)OC(=O)[C@@H]2O[C@@H](C=C[C@@H]2C)[C@H](C)OC(=O)[C@@H]2O[C@@H](C=C[C@@H]2C)[C@H](C)OC(=O)[C@@H]2O[C@@H](C=C[C@@H]2C)[C@H](C)OC(=O)[C@@H]2O[C@@H](C=C[C@@H]2C)[C@H](C)OC(=O)[C@@H]2O[C@H]1C=C[C@@H]2C. The average molecular weight is 1010 g/mol. The molecule has 18 heteroatoms. The van der Waals surface area contributed by atoms with E-state index in [-0.39, 0.29) is 0 Å². The van der Waals surface area contributed by atoms with Crippen molar-refractivity contribution in [3.8, 4) is 0 Å². The van der Waals surface area contributed by atoms with E-state index in [4.69, 9.17) is 56.8 Å². The molecule has 0 saturated carbocycles. The van der Waals surface area contributed by atoms with Crippen LogP contribution in [0, 0.1) is 35.5 Å². The van der Waals surface area contributed by atoms with Crippen molar-refractivity contribution in [2.75, 3.05) is 0 Å². The van der Waals surface area contributed by atoms with Crippen molar-refractivity contribution in [3.63, 3.8) is 0 Å². The molecule has 0 radical (unpaired) electrons. The molecule has 0 amide bonds. The average Bonchev–Trinajstić information content (AvgIpc) is 3.33. The van der Waals surface area contributed by atoms with Gasteiger partial charge in [0.2, 0.25) is 0 Å². The summed E-state index contributed by atoms with van der Waals surface area (Å²) in [5, 5.41) is 0. The summed E-state index contributed by atoms with van der Waals surface area (Å²) in [5.74, 6) is -6.45. The normalized spacial score (nSPS) is 45.7. The molecule has 1 fully saturated rings. The van der Waals surface area contributed by atoms with Crippen molar-refractivity contribution in [1.82, 2.24) is 0 Å². The molecule has 72 heavy (non-hydrogen) atoms. The Kier molecular flexibility index (Phi) is 17.9. The van der Waals surface area contributed by atoms with Gasteiger partial charge in [-0.15, -0.1) is 0 Å².